The van der Waals surface area contributed by atoms with Gasteiger partial charge in [0, 0.05) is 12.2 Å². The van der Waals surface area contributed by atoms with Gasteiger partial charge < -0.3 is 15.7 Å². The van der Waals surface area contributed by atoms with Gasteiger partial charge in [0.25, 0.3) is 0 Å². The van der Waals surface area contributed by atoms with Crippen molar-refractivity contribution < 1.29 is 14.7 Å². The number of carboxylic acids is 1. The number of nitrogens with two attached hydrogens (primary N) is 1. The van der Waals surface area contributed by atoms with Crippen molar-refractivity contribution in [1.82, 2.24) is 4.90 Å². The molecule has 1 aromatic rings. The number of nitrogen functional groups attached to an aromatic ring is 1. The summed E-state index contributed by atoms with van der Waals surface area (Å²) in [6, 6.07) is 7.14. The molecule has 1 heterocycles. The van der Waals surface area contributed by atoms with Crippen LogP contribution in [-0.4, -0.2) is 34.0 Å². The van der Waals surface area contributed by atoms with Crippen LogP contribution < -0.4 is 5.73 Å². The smallest absolute Gasteiger partial charge is 0.329 e. The predicted octanol–water partition coefficient (Wildman–Crippen LogP) is 1.67. The number of carbonyl (C=O) groups excluding carboxylic acids is 1. The third-order valence-electron chi connectivity index (χ3n) is 4.08. The summed E-state index contributed by atoms with van der Waals surface area (Å²) in [4.78, 5) is 25.5. The van der Waals surface area contributed by atoms with Crippen LogP contribution in [0, 0.1) is 0 Å². The maximum absolute atomic E-state index is 12.4. The topological polar surface area (TPSA) is 83.6 Å². The van der Waals surface area contributed by atoms with E-state index in [2.05, 4.69) is 0 Å². The fourth-order valence-electron chi connectivity index (χ4n) is 2.96. The molecule has 2 rings (SSSR count). The van der Waals surface area contributed by atoms with Gasteiger partial charge in [-0.25, -0.2) is 4.79 Å². The number of benzene rings is 1. The number of anilines is 1. The molecule has 0 saturated carbocycles. The summed E-state index contributed by atoms with van der Waals surface area (Å²) in [6.07, 6.45) is 1.90. The minimum atomic E-state index is -1.03. The van der Waals surface area contributed by atoms with E-state index in [0.29, 0.717) is 25.1 Å². The van der Waals surface area contributed by atoms with Gasteiger partial charge in [0.15, 0.2) is 0 Å². The first-order valence-electron chi connectivity index (χ1n) is 6.88. The number of nitrogens with zero attached hydrogens (tertiary/aromatic N) is 1. The molecule has 0 bridgehead atoms. The van der Waals surface area contributed by atoms with E-state index in [9.17, 15) is 14.7 Å². The molecular weight excluding hydrogens is 256 g/mol. The summed E-state index contributed by atoms with van der Waals surface area (Å²) in [5.74, 6) is -1.05. The fraction of sp³-hybridized carbons (Fsp3) is 0.467. The van der Waals surface area contributed by atoms with E-state index in [4.69, 9.17) is 5.73 Å². The molecule has 1 unspecified atom stereocenters. The molecule has 1 atom stereocenters. The average Bonchev–Trinajstić information content (AvgIpc) is 2.83. The summed E-state index contributed by atoms with van der Waals surface area (Å²) < 4.78 is 0. The quantitative estimate of drug-likeness (QED) is 0.819. The van der Waals surface area contributed by atoms with Crippen molar-refractivity contribution in [2.45, 2.75) is 38.1 Å². The number of carboxylic acid groups (broad SMARTS) is 1. The zero-order valence-corrected chi connectivity index (χ0v) is 11.6. The van der Waals surface area contributed by atoms with Gasteiger partial charge in [-0.05, 0) is 37.0 Å². The van der Waals surface area contributed by atoms with Crippen molar-refractivity contribution in [3.8, 4) is 0 Å². The lowest BCUT2D eigenvalue weighted by Crippen LogP contribution is -2.53. The second kappa shape index (κ2) is 5.53. The molecule has 0 spiro atoms. The lowest BCUT2D eigenvalue weighted by Gasteiger charge is -2.34. The van der Waals surface area contributed by atoms with Gasteiger partial charge in [0.05, 0.1) is 6.42 Å². The Morgan fingerprint density at radius 2 is 2.20 bits per heavy atom. The number of rotatable bonds is 4. The second-order valence-electron chi connectivity index (χ2n) is 5.26. The van der Waals surface area contributed by atoms with E-state index in [0.717, 1.165) is 12.0 Å². The lowest BCUT2D eigenvalue weighted by atomic mass is 9.92. The third kappa shape index (κ3) is 2.48. The summed E-state index contributed by atoms with van der Waals surface area (Å²) in [5, 5.41) is 9.48. The summed E-state index contributed by atoms with van der Waals surface area (Å²) in [7, 11) is 0. The summed E-state index contributed by atoms with van der Waals surface area (Å²) >= 11 is 0. The number of hydrogen-bond acceptors (Lipinski definition) is 3. The molecule has 0 radical (unpaired) electrons. The van der Waals surface area contributed by atoms with Crippen molar-refractivity contribution >= 4 is 17.6 Å². The fourth-order valence-corrected chi connectivity index (χ4v) is 2.96. The van der Waals surface area contributed by atoms with E-state index in [-0.39, 0.29) is 12.3 Å². The molecule has 1 amide bonds. The van der Waals surface area contributed by atoms with Crippen molar-refractivity contribution in [2.75, 3.05) is 12.3 Å². The zero-order valence-electron chi connectivity index (χ0n) is 11.6. The number of amides is 1. The van der Waals surface area contributed by atoms with Gasteiger partial charge in [-0.3, -0.25) is 4.79 Å². The average molecular weight is 276 g/mol. The Balaban J connectivity index is 2.18. The maximum Gasteiger partial charge on any atom is 0.329 e. The van der Waals surface area contributed by atoms with Crippen LogP contribution in [0.25, 0.3) is 0 Å². The van der Waals surface area contributed by atoms with E-state index in [1.54, 1.807) is 18.2 Å². The van der Waals surface area contributed by atoms with Gasteiger partial charge in [0.1, 0.15) is 5.54 Å². The van der Waals surface area contributed by atoms with Crippen LogP contribution in [0.4, 0.5) is 5.69 Å². The first-order chi connectivity index (χ1) is 9.49. The van der Waals surface area contributed by atoms with Crippen LogP contribution in [0.15, 0.2) is 24.3 Å². The second-order valence-corrected chi connectivity index (χ2v) is 5.26. The molecule has 1 aliphatic heterocycles. The van der Waals surface area contributed by atoms with E-state index in [1.165, 1.54) is 4.90 Å². The molecule has 1 fully saturated rings. The van der Waals surface area contributed by atoms with Crippen molar-refractivity contribution in [3.05, 3.63) is 29.8 Å². The summed E-state index contributed by atoms with van der Waals surface area (Å²) in [6.45, 7) is 2.33. The van der Waals surface area contributed by atoms with Crippen LogP contribution in [0.1, 0.15) is 31.7 Å². The Morgan fingerprint density at radius 3 is 2.80 bits per heavy atom. The Labute approximate surface area is 118 Å². The molecule has 5 heteroatoms. The van der Waals surface area contributed by atoms with Crippen LogP contribution in [0.2, 0.25) is 0 Å². The number of likely N-dealkylation sites (tertiary alicyclic amines) is 1. The Morgan fingerprint density at radius 1 is 1.45 bits per heavy atom. The highest BCUT2D eigenvalue weighted by molar-refractivity contribution is 5.88. The first-order valence-corrected chi connectivity index (χ1v) is 6.88. The molecule has 3 N–H and O–H groups in total. The van der Waals surface area contributed by atoms with Crippen LogP contribution >= 0.6 is 0 Å². The molecule has 0 aliphatic carbocycles. The van der Waals surface area contributed by atoms with Crippen LogP contribution in [0.3, 0.4) is 0 Å². The minimum absolute atomic E-state index is 0.141. The highest BCUT2D eigenvalue weighted by Gasteiger charge is 2.48. The van der Waals surface area contributed by atoms with Gasteiger partial charge >= 0.3 is 5.97 Å². The number of carbonyl (C=O) groups is 2. The maximum atomic E-state index is 12.4. The Hall–Kier alpha value is -2.04. The van der Waals surface area contributed by atoms with Crippen LogP contribution in [-0.2, 0) is 16.0 Å². The van der Waals surface area contributed by atoms with Gasteiger partial charge in [-0.2, -0.15) is 0 Å². The zero-order chi connectivity index (χ0) is 14.8. The Kier molecular flexibility index (Phi) is 3.97. The summed E-state index contributed by atoms with van der Waals surface area (Å²) in [5.41, 5.74) is 6.09. The monoisotopic (exact) mass is 276 g/mol. The van der Waals surface area contributed by atoms with Crippen LogP contribution in [0.5, 0.6) is 0 Å². The molecule has 5 nitrogen and oxygen atoms in total. The normalized spacial score (nSPS) is 21.9. The molecule has 1 aromatic carbocycles. The standard InChI is InChI=1S/C15H20N2O3/c1-2-15(14(19)20)7-4-8-17(15)13(18)10-11-5-3-6-12(16)9-11/h3,5-6,9H,2,4,7-8,10,16H2,1H3,(H,19,20). The molecule has 20 heavy (non-hydrogen) atoms. The molecular formula is C15H20N2O3. The predicted molar refractivity (Wildman–Crippen MR) is 76.2 cm³/mol. The van der Waals surface area contributed by atoms with Gasteiger partial charge in [0.2, 0.25) is 5.91 Å². The van der Waals surface area contributed by atoms with Gasteiger partial charge in [-0.15, -0.1) is 0 Å². The Bertz CT molecular complexity index is 530. The van der Waals surface area contributed by atoms with Crippen molar-refractivity contribution in [2.24, 2.45) is 0 Å². The minimum Gasteiger partial charge on any atom is -0.479 e. The van der Waals surface area contributed by atoms with E-state index < -0.39 is 11.5 Å². The molecule has 1 aliphatic rings. The van der Waals surface area contributed by atoms with E-state index in [1.807, 2.05) is 13.0 Å². The lowest BCUT2D eigenvalue weighted by molar-refractivity contribution is -0.156. The van der Waals surface area contributed by atoms with Crippen molar-refractivity contribution in [3.63, 3.8) is 0 Å². The SMILES string of the molecule is CCC1(C(=O)O)CCCN1C(=O)Cc1cccc(N)c1. The molecule has 1 saturated heterocycles. The molecule has 0 aromatic heterocycles. The largest absolute Gasteiger partial charge is 0.479 e. The first kappa shape index (κ1) is 14.4. The van der Waals surface area contributed by atoms with Crippen molar-refractivity contribution in [1.29, 1.82) is 0 Å². The highest BCUT2D eigenvalue weighted by Crippen LogP contribution is 2.33. The number of aliphatic carboxylic acids is 1. The third-order valence-corrected chi connectivity index (χ3v) is 4.08. The highest BCUT2D eigenvalue weighted by atomic mass is 16.4. The molecule has 108 valence electrons. The van der Waals surface area contributed by atoms with E-state index >= 15 is 0 Å². The number of hydrogen-bond donors (Lipinski definition) is 2. The van der Waals surface area contributed by atoms with Gasteiger partial charge in [-0.1, -0.05) is 19.1 Å².